The number of carbonyl (C=O) groups is 1. The van der Waals surface area contributed by atoms with Gasteiger partial charge in [0.1, 0.15) is 22.7 Å². The third kappa shape index (κ3) is 3.33. The Morgan fingerprint density at radius 3 is 2.60 bits per heavy atom. The normalized spacial score (nSPS) is 14.4. The number of morpholine rings is 1. The average Bonchev–Trinajstić information content (AvgIpc) is 3.18. The minimum Gasteiger partial charge on any atom is -0.456 e. The molecule has 1 saturated heterocycles. The van der Waals surface area contributed by atoms with Crippen molar-refractivity contribution in [3.63, 3.8) is 0 Å². The molecule has 1 aliphatic heterocycles. The van der Waals surface area contributed by atoms with E-state index in [0.29, 0.717) is 59.9 Å². The van der Waals surface area contributed by atoms with E-state index in [1.807, 2.05) is 30.3 Å². The lowest BCUT2D eigenvalue weighted by molar-refractivity contribution is 0.0415. The van der Waals surface area contributed by atoms with E-state index in [1.54, 1.807) is 24.0 Å². The fourth-order valence-corrected chi connectivity index (χ4v) is 3.62. The molecule has 152 valence electrons. The highest BCUT2D eigenvalue weighted by molar-refractivity contribution is 5.96. The van der Waals surface area contributed by atoms with Gasteiger partial charge in [-0.1, -0.05) is 18.2 Å². The van der Waals surface area contributed by atoms with Crippen LogP contribution in [0.2, 0.25) is 0 Å². The number of hydrogen-bond donors (Lipinski definition) is 0. The highest BCUT2D eigenvalue weighted by Gasteiger charge is 2.21. The van der Waals surface area contributed by atoms with Crippen LogP contribution in [0, 0.1) is 6.92 Å². The predicted molar refractivity (Wildman–Crippen MR) is 111 cm³/mol. The summed E-state index contributed by atoms with van der Waals surface area (Å²) in [7, 11) is 0. The molecule has 7 nitrogen and oxygen atoms in total. The smallest absolute Gasteiger partial charge is 0.415 e. The molecule has 2 aromatic heterocycles. The van der Waals surface area contributed by atoms with Gasteiger partial charge in [-0.15, -0.1) is 0 Å². The van der Waals surface area contributed by atoms with Crippen LogP contribution in [-0.2, 0) is 4.74 Å². The topological polar surface area (TPSA) is 82.1 Å². The van der Waals surface area contributed by atoms with Crippen molar-refractivity contribution in [1.29, 1.82) is 0 Å². The number of fused-ring (bicyclic) bond motifs is 2. The van der Waals surface area contributed by atoms with Crippen molar-refractivity contribution < 1.29 is 23.1 Å². The summed E-state index contributed by atoms with van der Waals surface area (Å²) in [5.41, 5.74) is 1.92. The number of furan rings is 1. The number of nitrogens with zero attached hydrogens (tertiary/aromatic N) is 1. The van der Waals surface area contributed by atoms with Crippen LogP contribution in [0.25, 0.3) is 33.3 Å². The number of aryl methyl sites for hydroxylation is 1. The summed E-state index contributed by atoms with van der Waals surface area (Å²) in [5.74, 6) is 0.952. The fourth-order valence-electron chi connectivity index (χ4n) is 3.62. The molecule has 0 atom stereocenters. The first-order chi connectivity index (χ1) is 14.6. The lowest BCUT2D eigenvalue weighted by Crippen LogP contribution is -2.42. The van der Waals surface area contributed by atoms with Crippen LogP contribution in [0.15, 0.2) is 62.2 Å². The van der Waals surface area contributed by atoms with Crippen molar-refractivity contribution in [2.24, 2.45) is 0 Å². The third-order valence-corrected chi connectivity index (χ3v) is 5.20. The van der Waals surface area contributed by atoms with Gasteiger partial charge in [0.05, 0.1) is 13.2 Å². The van der Waals surface area contributed by atoms with Gasteiger partial charge in [-0.2, -0.15) is 0 Å². The van der Waals surface area contributed by atoms with Gasteiger partial charge in [0.25, 0.3) is 0 Å². The molecule has 0 saturated carbocycles. The van der Waals surface area contributed by atoms with Gasteiger partial charge in [0, 0.05) is 35.5 Å². The van der Waals surface area contributed by atoms with Gasteiger partial charge in [0.2, 0.25) is 0 Å². The van der Waals surface area contributed by atoms with E-state index in [0.717, 1.165) is 11.0 Å². The number of hydrogen-bond acceptors (Lipinski definition) is 6. The summed E-state index contributed by atoms with van der Waals surface area (Å²) in [6.07, 6.45) is -0.427. The van der Waals surface area contributed by atoms with Crippen LogP contribution in [0.4, 0.5) is 4.79 Å². The zero-order valence-corrected chi connectivity index (χ0v) is 16.3. The SMILES string of the molecule is Cc1cc2oc(=O)cc(-c3cc4ccccc4o3)c2cc1OC(=O)N1CCOCC1. The Kier molecular flexibility index (Phi) is 4.52. The van der Waals surface area contributed by atoms with E-state index in [-0.39, 0.29) is 0 Å². The molecule has 5 rings (SSSR count). The maximum atomic E-state index is 12.5. The first-order valence-corrected chi connectivity index (χ1v) is 9.70. The molecule has 0 N–H and O–H groups in total. The number of ether oxygens (including phenoxy) is 2. The highest BCUT2D eigenvalue weighted by atomic mass is 16.6. The first-order valence-electron chi connectivity index (χ1n) is 9.70. The zero-order chi connectivity index (χ0) is 20.7. The summed E-state index contributed by atoms with van der Waals surface area (Å²) >= 11 is 0. The third-order valence-electron chi connectivity index (χ3n) is 5.20. The standard InChI is InChI=1S/C23H19NO6/c1-14-10-20-16(12-19(14)30-23(26)24-6-8-27-9-7-24)17(13-22(25)29-20)21-11-15-4-2-3-5-18(15)28-21/h2-5,10-13H,6-9H2,1H3. The summed E-state index contributed by atoms with van der Waals surface area (Å²) in [6.45, 7) is 3.77. The number of amides is 1. The van der Waals surface area contributed by atoms with E-state index in [2.05, 4.69) is 0 Å². The van der Waals surface area contributed by atoms with Crippen molar-refractivity contribution in [2.45, 2.75) is 6.92 Å². The maximum Gasteiger partial charge on any atom is 0.415 e. The number of para-hydroxylation sites is 1. The first kappa shape index (κ1) is 18.4. The molecule has 0 bridgehead atoms. The molecule has 3 heterocycles. The summed E-state index contributed by atoms with van der Waals surface area (Å²) < 4.78 is 22.3. The Morgan fingerprint density at radius 2 is 1.80 bits per heavy atom. The molecule has 2 aromatic carbocycles. The summed E-state index contributed by atoms with van der Waals surface area (Å²) in [5, 5.41) is 1.56. The van der Waals surface area contributed by atoms with Gasteiger partial charge in [0.15, 0.2) is 0 Å². The van der Waals surface area contributed by atoms with Gasteiger partial charge < -0.3 is 23.2 Å². The number of rotatable bonds is 2. The van der Waals surface area contributed by atoms with Crippen LogP contribution in [-0.4, -0.2) is 37.3 Å². The maximum absolute atomic E-state index is 12.5. The molecule has 4 aromatic rings. The molecule has 1 amide bonds. The largest absolute Gasteiger partial charge is 0.456 e. The average molecular weight is 405 g/mol. The van der Waals surface area contributed by atoms with E-state index in [9.17, 15) is 9.59 Å². The molecule has 1 fully saturated rings. The zero-order valence-electron chi connectivity index (χ0n) is 16.3. The van der Waals surface area contributed by atoms with E-state index in [4.69, 9.17) is 18.3 Å². The van der Waals surface area contributed by atoms with Crippen LogP contribution in [0.5, 0.6) is 5.75 Å². The second-order valence-electron chi connectivity index (χ2n) is 7.21. The van der Waals surface area contributed by atoms with Gasteiger partial charge >= 0.3 is 11.7 Å². The van der Waals surface area contributed by atoms with Crippen LogP contribution < -0.4 is 10.4 Å². The molecular formula is C23H19NO6. The fraction of sp³-hybridized carbons (Fsp3) is 0.217. The second-order valence-corrected chi connectivity index (χ2v) is 7.21. The molecule has 0 aliphatic carbocycles. The van der Waals surface area contributed by atoms with Crippen molar-refractivity contribution >= 4 is 28.0 Å². The number of benzene rings is 2. The minimum absolute atomic E-state index is 0.404. The van der Waals surface area contributed by atoms with E-state index >= 15 is 0 Å². The quantitative estimate of drug-likeness (QED) is 0.461. The Balaban J connectivity index is 1.59. The van der Waals surface area contributed by atoms with Gasteiger partial charge in [-0.05, 0) is 36.8 Å². The van der Waals surface area contributed by atoms with E-state index < -0.39 is 11.7 Å². The predicted octanol–water partition coefficient (Wildman–Crippen LogP) is 4.35. The second kappa shape index (κ2) is 7.35. The lowest BCUT2D eigenvalue weighted by atomic mass is 10.0. The molecule has 30 heavy (non-hydrogen) atoms. The summed E-state index contributed by atoms with van der Waals surface area (Å²) in [6, 6.07) is 14.3. The van der Waals surface area contributed by atoms with E-state index in [1.165, 1.54) is 6.07 Å². The summed E-state index contributed by atoms with van der Waals surface area (Å²) in [4.78, 5) is 26.3. The van der Waals surface area contributed by atoms with Crippen molar-refractivity contribution in [1.82, 2.24) is 4.90 Å². The highest BCUT2D eigenvalue weighted by Crippen LogP contribution is 2.35. The molecule has 0 radical (unpaired) electrons. The van der Waals surface area contributed by atoms with Gasteiger partial charge in [-0.25, -0.2) is 9.59 Å². The lowest BCUT2D eigenvalue weighted by Gasteiger charge is -2.26. The molecule has 0 unspecified atom stereocenters. The van der Waals surface area contributed by atoms with Crippen molar-refractivity contribution in [3.8, 4) is 17.1 Å². The molecule has 1 aliphatic rings. The van der Waals surface area contributed by atoms with Crippen molar-refractivity contribution in [2.75, 3.05) is 26.3 Å². The van der Waals surface area contributed by atoms with Crippen LogP contribution >= 0.6 is 0 Å². The Morgan fingerprint density at radius 1 is 1.00 bits per heavy atom. The molecule has 7 heteroatoms. The molecule has 0 spiro atoms. The van der Waals surface area contributed by atoms with Crippen LogP contribution in [0.1, 0.15) is 5.56 Å². The van der Waals surface area contributed by atoms with Crippen molar-refractivity contribution in [3.05, 3.63) is 64.5 Å². The van der Waals surface area contributed by atoms with Crippen LogP contribution in [0.3, 0.4) is 0 Å². The monoisotopic (exact) mass is 405 g/mol. The van der Waals surface area contributed by atoms with Gasteiger partial charge in [-0.3, -0.25) is 0 Å². The Bertz CT molecular complexity index is 1280. The Labute approximate surface area is 171 Å². The minimum atomic E-state index is -0.476. The Hall–Kier alpha value is -3.58. The number of carbonyl (C=O) groups excluding carboxylic acids is 1. The molecular weight excluding hydrogens is 386 g/mol.